The van der Waals surface area contributed by atoms with E-state index in [0.717, 1.165) is 66.6 Å². The average Bonchev–Trinajstić information content (AvgIpc) is 3.32. The lowest BCUT2D eigenvalue weighted by Gasteiger charge is -2.13. The van der Waals surface area contributed by atoms with E-state index in [2.05, 4.69) is 48.6 Å². The molecule has 2 aliphatic rings. The van der Waals surface area contributed by atoms with Gasteiger partial charge < -0.3 is 5.32 Å². The van der Waals surface area contributed by atoms with E-state index in [1.165, 1.54) is 0 Å². The van der Waals surface area contributed by atoms with Crippen molar-refractivity contribution < 1.29 is 0 Å². The fourth-order valence-electron chi connectivity index (χ4n) is 5.14. The van der Waals surface area contributed by atoms with E-state index in [1.54, 1.807) is 24.8 Å². The van der Waals surface area contributed by atoms with Gasteiger partial charge in [-0.15, -0.1) is 0 Å². The van der Waals surface area contributed by atoms with Crippen molar-refractivity contribution in [2.24, 2.45) is 4.99 Å². The lowest BCUT2D eigenvalue weighted by atomic mass is 9.96. The zero-order valence-corrected chi connectivity index (χ0v) is 17.5. The molecule has 2 heterocycles. The minimum atomic E-state index is -0.313. The summed E-state index contributed by atoms with van der Waals surface area (Å²) in [5, 5.41) is 21.9. The van der Waals surface area contributed by atoms with Gasteiger partial charge in [0.25, 0.3) is 0 Å². The standard InChI is InChI=1S/C26H12N8/c27-11-33-25-17-6-14-16-8-22-24(32-4-2-30-22)10-20(16)26(34-12-28)18(14)5-13(17)15-7-21-23(9-19(15)25)31-3-1-29-21/h1-10,25,33H/b34-26-. The second kappa shape index (κ2) is 6.64. The Hall–Kier alpha value is -5.21. The first kappa shape index (κ1) is 18.4. The molecule has 34 heavy (non-hydrogen) atoms. The molecule has 0 saturated carbocycles. The zero-order valence-electron chi connectivity index (χ0n) is 17.5. The Morgan fingerprint density at radius 2 is 1.12 bits per heavy atom. The highest BCUT2D eigenvalue weighted by Crippen LogP contribution is 2.49. The van der Waals surface area contributed by atoms with E-state index in [0.29, 0.717) is 5.71 Å². The molecule has 1 atom stereocenters. The molecule has 0 saturated heterocycles. The van der Waals surface area contributed by atoms with Gasteiger partial charge in [0.15, 0.2) is 6.19 Å². The van der Waals surface area contributed by atoms with E-state index in [4.69, 9.17) is 0 Å². The monoisotopic (exact) mass is 436 g/mol. The van der Waals surface area contributed by atoms with Gasteiger partial charge in [-0.1, -0.05) is 0 Å². The first-order chi connectivity index (χ1) is 16.8. The van der Waals surface area contributed by atoms with Crippen LogP contribution in [-0.2, 0) is 0 Å². The van der Waals surface area contributed by atoms with Crippen molar-refractivity contribution in [1.82, 2.24) is 25.3 Å². The Morgan fingerprint density at radius 3 is 1.76 bits per heavy atom. The quantitative estimate of drug-likeness (QED) is 0.305. The number of benzene rings is 3. The van der Waals surface area contributed by atoms with Crippen molar-refractivity contribution in [3.05, 3.63) is 83.4 Å². The third-order valence-electron chi connectivity index (χ3n) is 6.52. The number of hydrogen-bond donors (Lipinski definition) is 1. The molecule has 0 radical (unpaired) electrons. The molecule has 7 rings (SSSR count). The molecule has 156 valence electrons. The lowest BCUT2D eigenvalue weighted by Crippen LogP contribution is -2.14. The molecule has 1 N–H and O–H groups in total. The summed E-state index contributed by atoms with van der Waals surface area (Å²) in [5.41, 5.74) is 11.2. The summed E-state index contributed by atoms with van der Waals surface area (Å²) in [6.07, 6.45) is 10.7. The van der Waals surface area contributed by atoms with Crippen molar-refractivity contribution in [2.45, 2.75) is 6.04 Å². The lowest BCUT2D eigenvalue weighted by molar-refractivity contribution is 0.760. The van der Waals surface area contributed by atoms with E-state index in [-0.39, 0.29) is 6.04 Å². The number of nitriles is 2. The van der Waals surface area contributed by atoms with Crippen molar-refractivity contribution >= 4 is 27.8 Å². The van der Waals surface area contributed by atoms with Crippen LogP contribution < -0.4 is 5.32 Å². The minimum Gasteiger partial charge on any atom is -0.312 e. The fraction of sp³-hybridized carbons (Fsp3) is 0.0385. The van der Waals surface area contributed by atoms with Crippen molar-refractivity contribution in [3.8, 4) is 34.6 Å². The second-order valence-corrected chi connectivity index (χ2v) is 8.16. The summed E-state index contributed by atoms with van der Waals surface area (Å²) < 4.78 is 0. The number of hydrogen-bond acceptors (Lipinski definition) is 8. The molecule has 0 aliphatic heterocycles. The Kier molecular flexibility index (Phi) is 3.59. The van der Waals surface area contributed by atoms with E-state index < -0.39 is 0 Å². The zero-order chi connectivity index (χ0) is 22.8. The summed E-state index contributed by atoms with van der Waals surface area (Å²) in [6, 6.07) is 11.7. The second-order valence-electron chi connectivity index (χ2n) is 8.16. The fourth-order valence-corrected chi connectivity index (χ4v) is 5.14. The molecule has 0 bridgehead atoms. The smallest absolute Gasteiger partial charge is 0.206 e. The highest BCUT2D eigenvalue weighted by molar-refractivity contribution is 6.26. The predicted molar refractivity (Wildman–Crippen MR) is 125 cm³/mol. The van der Waals surface area contributed by atoms with Gasteiger partial charge in [-0.2, -0.15) is 15.5 Å². The third-order valence-corrected chi connectivity index (χ3v) is 6.52. The van der Waals surface area contributed by atoms with Gasteiger partial charge in [-0.05, 0) is 69.8 Å². The van der Waals surface area contributed by atoms with Gasteiger partial charge in [0.1, 0.15) is 0 Å². The minimum absolute atomic E-state index is 0.313. The number of nitrogens with one attached hydrogen (secondary N) is 1. The molecule has 8 nitrogen and oxygen atoms in total. The predicted octanol–water partition coefficient (Wildman–Crippen LogP) is 4.01. The molecule has 2 aromatic heterocycles. The summed E-state index contributed by atoms with van der Waals surface area (Å²) in [6.45, 7) is 0. The Balaban J connectivity index is 1.54. The molecule has 3 aromatic carbocycles. The van der Waals surface area contributed by atoms with Gasteiger partial charge in [0.05, 0.1) is 33.8 Å². The van der Waals surface area contributed by atoms with Crippen LogP contribution >= 0.6 is 0 Å². The molecule has 0 spiro atoms. The Labute approximate surface area is 192 Å². The maximum absolute atomic E-state index is 9.51. The Morgan fingerprint density at radius 1 is 0.618 bits per heavy atom. The van der Waals surface area contributed by atoms with Crippen LogP contribution in [0, 0.1) is 22.9 Å². The molecule has 0 fully saturated rings. The van der Waals surface area contributed by atoms with Crippen LogP contribution in [0.4, 0.5) is 0 Å². The molecular weight excluding hydrogens is 424 g/mol. The number of aromatic nitrogens is 4. The van der Waals surface area contributed by atoms with Crippen LogP contribution in [0.3, 0.4) is 0 Å². The summed E-state index contributed by atoms with van der Waals surface area (Å²) in [4.78, 5) is 21.9. The number of fused-ring (bicyclic) bond motifs is 8. The van der Waals surface area contributed by atoms with Gasteiger partial charge in [0, 0.05) is 35.9 Å². The van der Waals surface area contributed by atoms with Crippen LogP contribution in [0.2, 0.25) is 0 Å². The van der Waals surface area contributed by atoms with Crippen LogP contribution in [0.1, 0.15) is 28.3 Å². The van der Waals surface area contributed by atoms with E-state index >= 15 is 0 Å². The third kappa shape index (κ3) is 2.37. The highest BCUT2D eigenvalue weighted by Gasteiger charge is 2.34. The summed E-state index contributed by atoms with van der Waals surface area (Å²) in [5.74, 6) is 0. The summed E-state index contributed by atoms with van der Waals surface area (Å²) >= 11 is 0. The van der Waals surface area contributed by atoms with Crippen molar-refractivity contribution in [1.29, 1.82) is 10.5 Å². The summed E-state index contributed by atoms with van der Waals surface area (Å²) in [7, 11) is 0. The molecular formula is C26H12N8. The number of nitrogens with zero attached hydrogens (tertiary/aromatic N) is 7. The molecule has 2 aliphatic carbocycles. The number of rotatable bonds is 1. The van der Waals surface area contributed by atoms with E-state index in [9.17, 15) is 10.5 Å². The topological polar surface area (TPSA) is 124 Å². The maximum atomic E-state index is 9.51. The van der Waals surface area contributed by atoms with Gasteiger partial charge >= 0.3 is 0 Å². The maximum Gasteiger partial charge on any atom is 0.206 e. The molecule has 5 aromatic rings. The molecule has 1 unspecified atom stereocenters. The normalized spacial score (nSPS) is 15.9. The first-order valence-electron chi connectivity index (χ1n) is 10.6. The molecule has 0 amide bonds. The molecule has 8 heteroatoms. The van der Waals surface area contributed by atoms with Crippen LogP contribution in [-0.4, -0.2) is 25.6 Å². The van der Waals surface area contributed by atoms with E-state index in [1.807, 2.05) is 30.5 Å². The largest absolute Gasteiger partial charge is 0.312 e. The highest BCUT2D eigenvalue weighted by atomic mass is 14.9. The van der Waals surface area contributed by atoms with Crippen LogP contribution in [0.5, 0.6) is 0 Å². The average molecular weight is 436 g/mol. The van der Waals surface area contributed by atoms with Crippen molar-refractivity contribution in [2.75, 3.05) is 0 Å². The van der Waals surface area contributed by atoms with Gasteiger partial charge in [0.2, 0.25) is 6.19 Å². The number of aliphatic imine (C=N–C) groups is 1. The first-order valence-corrected chi connectivity index (χ1v) is 10.6. The van der Waals surface area contributed by atoms with Gasteiger partial charge in [-0.25, -0.2) is 0 Å². The SMILES string of the molecule is N#C/N=C1/c2cc3c(cc2-c2cc4nccnc4cc21)C(NC#N)c1cc2nccnc2cc1-3. The van der Waals surface area contributed by atoms with Gasteiger partial charge in [-0.3, -0.25) is 19.9 Å². The van der Waals surface area contributed by atoms with Crippen molar-refractivity contribution in [3.63, 3.8) is 0 Å². The van der Waals surface area contributed by atoms with Crippen LogP contribution in [0.15, 0.2) is 66.2 Å². The van der Waals surface area contributed by atoms with Crippen LogP contribution in [0.25, 0.3) is 44.3 Å². The Bertz CT molecular complexity index is 1820.